The van der Waals surface area contributed by atoms with Crippen LogP contribution < -0.4 is 0 Å². The van der Waals surface area contributed by atoms with Crippen molar-refractivity contribution < 1.29 is 4.74 Å². The lowest BCUT2D eigenvalue weighted by molar-refractivity contribution is 0.218. The molecule has 1 nitrogen and oxygen atoms in total. The van der Waals surface area contributed by atoms with Gasteiger partial charge in [-0.05, 0) is 59.8 Å². The summed E-state index contributed by atoms with van der Waals surface area (Å²) in [7, 11) is 0. The Hall–Kier alpha value is -1.42. The van der Waals surface area contributed by atoms with Crippen LogP contribution in [0.2, 0.25) is 0 Å². The molecule has 0 N–H and O–H groups in total. The summed E-state index contributed by atoms with van der Waals surface area (Å²) in [6, 6.07) is 17.6. The number of thiocarbonyl (C=S) groups is 2. The largest absolute Gasteiger partial charge is 0.370 e. The number of rotatable bonds is 8. The van der Waals surface area contributed by atoms with Crippen molar-refractivity contribution >= 4 is 34.2 Å². The van der Waals surface area contributed by atoms with Gasteiger partial charge in [0.2, 0.25) is 0 Å². The molecule has 152 valence electrons. The van der Waals surface area contributed by atoms with E-state index >= 15 is 0 Å². The van der Waals surface area contributed by atoms with E-state index in [1.165, 1.54) is 62.5 Å². The standard InChI is InChI=1S/C26H30OS2/c28-25(23-13-9-21(10-14-23)19-5-1-2-6-19)17-27-18-26(29)24-15-11-22(12-16-24)20-7-3-4-8-20/h9-16,19-20H,1-8,17-18H2. The van der Waals surface area contributed by atoms with Crippen molar-refractivity contribution in [1.29, 1.82) is 0 Å². The normalized spacial score (nSPS) is 17.7. The maximum absolute atomic E-state index is 5.84. The summed E-state index contributed by atoms with van der Waals surface area (Å²) in [5.74, 6) is 1.48. The lowest BCUT2D eigenvalue weighted by atomic mass is 9.96. The summed E-state index contributed by atoms with van der Waals surface area (Å²) in [5.41, 5.74) is 5.09. The average Bonchev–Trinajstić information content (AvgIpc) is 3.48. The number of benzene rings is 2. The number of hydrogen-bond donors (Lipinski definition) is 0. The fourth-order valence-corrected chi connectivity index (χ4v) is 5.24. The van der Waals surface area contributed by atoms with Gasteiger partial charge in [0, 0.05) is 9.73 Å². The van der Waals surface area contributed by atoms with E-state index in [2.05, 4.69) is 48.5 Å². The second kappa shape index (κ2) is 10.1. The van der Waals surface area contributed by atoms with E-state index in [1.807, 2.05) is 0 Å². The van der Waals surface area contributed by atoms with Gasteiger partial charge >= 0.3 is 0 Å². The molecule has 2 aliphatic rings. The second-order valence-corrected chi connectivity index (χ2v) is 9.53. The smallest absolute Gasteiger partial charge is 0.0828 e. The van der Waals surface area contributed by atoms with Crippen LogP contribution in [0.15, 0.2) is 48.5 Å². The third kappa shape index (κ3) is 5.39. The highest BCUT2D eigenvalue weighted by Crippen LogP contribution is 2.34. The van der Waals surface area contributed by atoms with Crippen molar-refractivity contribution in [2.24, 2.45) is 0 Å². The van der Waals surface area contributed by atoms with Gasteiger partial charge in [0.25, 0.3) is 0 Å². The Kier molecular flexibility index (Phi) is 7.23. The first-order valence-corrected chi connectivity index (χ1v) is 11.9. The van der Waals surface area contributed by atoms with E-state index < -0.39 is 0 Å². The first-order chi connectivity index (χ1) is 14.2. The molecule has 2 aromatic rings. The highest BCUT2D eigenvalue weighted by molar-refractivity contribution is 7.81. The van der Waals surface area contributed by atoms with Gasteiger partial charge in [-0.15, -0.1) is 0 Å². The Bertz CT molecular complexity index is 755. The molecule has 0 bridgehead atoms. The Morgan fingerprint density at radius 3 is 1.31 bits per heavy atom. The lowest BCUT2D eigenvalue weighted by Gasteiger charge is -2.12. The van der Waals surface area contributed by atoms with Crippen LogP contribution in [-0.2, 0) is 4.74 Å². The van der Waals surface area contributed by atoms with Gasteiger partial charge in [-0.2, -0.15) is 0 Å². The number of ether oxygens (including phenoxy) is 1. The minimum absolute atomic E-state index is 0.443. The van der Waals surface area contributed by atoms with Crippen LogP contribution in [0, 0.1) is 0 Å². The van der Waals surface area contributed by atoms with E-state index in [0.717, 1.165) is 32.7 Å². The molecule has 29 heavy (non-hydrogen) atoms. The molecule has 0 aliphatic heterocycles. The predicted octanol–water partition coefficient (Wildman–Crippen LogP) is 7.15. The van der Waals surface area contributed by atoms with E-state index in [0.29, 0.717) is 13.2 Å². The molecule has 0 atom stereocenters. The summed E-state index contributed by atoms with van der Waals surface area (Å²) in [5, 5.41) is 0. The van der Waals surface area contributed by atoms with Crippen molar-refractivity contribution in [1.82, 2.24) is 0 Å². The molecule has 0 unspecified atom stereocenters. The van der Waals surface area contributed by atoms with Gasteiger partial charge in [-0.1, -0.05) is 98.6 Å². The zero-order valence-corrected chi connectivity index (χ0v) is 18.7. The van der Waals surface area contributed by atoms with Crippen LogP contribution in [-0.4, -0.2) is 22.9 Å². The van der Waals surface area contributed by atoms with Crippen LogP contribution in [0.1, 0.15) is 85.5 Å². The second-order valence-electron chi connectivity index (χ2n) is 8.55. The summed E-state index contributed by atoms with van der Waals surface area (Å²) < 4.78 is 5.84. The fraction of sp³-hybridized carbons (Fsp3) is 0.462. The van der Waals surface area contributed by atoms with Crippen molar-refractivity contribution in [2.75, 3.05) is 13.2 Å². The molecule has 0 saturated heterocycles. The van der Waals surface area contributed by atoms with Crippen molar-refractivity contribution in [3.05, 3.63) is 70.8 Å². The molecule has 3 heteroatoms. The quantitative estimate of drug-likeness (QED) is 0.330. The van der Waals surface area contributed by atoms with Crippen molar-refractivity contribution in [3.63, 3.8) is 0 Å². The van der Waals surface area contributed by atoms with E-state index in [1.54, 1.807) is 0 Å². The predicted molar refractivity (Wildman–Crippen MR) is 130 cm³/mol. The highest BCUT2D eigenvalue weighted by atomic mass is 32.1. The molecule has 2 saturated carbocycles. The molecule has 4 rings (SSSR count). The Balaban J connectivity index is 1.24. The molecule has 0 radical (unpaired) electrons. The van der Waals surface area contributed by atoms with Gasteiger partial charge in [-0.25, -0.2) is 0 Å². The maximum Gasteiger partial charge on any atom is 0.0828 e. The Labute approximate surface area is 185 Å². The van der Waals surface area contributed by atoms with Gasteiger partial charge in [0.05, 0.1) is 13.2 Å². The Morgan fingerprint density at radius 2 is 0.966 bits per heavy atom. The SMILES string of the molecule is S=C(COCC(=S)c1ccc(C2CCCC2)cc1)c1ccc(C2CCCC2)cc1. The van der Waals surface area contributed by atoms with Crippen LogP contribution in [0.3, 0.4) is 0 Å². The minimum atomic E-state index is 0.443. The molecule has 0 aromatic heterocycles. The molecule has 0 spiro atoms. The summed E-state index contributed by atoms with van der Waals surface area (Å²) in [6.07, 6.45) is 10.8. The van der Waals surface area contributed by atoms with Gasteiger partial charge < -0.3 is 4.74 Å². The van der Waals surface area contributed by atoms with E-state index in [9.17, 15) is 0 Å². The van der Waals surface area contributed by atoms with Gasteiger partial charge in [0.15, 0.2) is 0 Å². The molecule has 0 amide bonds. The fourth-order valence-electron chi connectivity index (χ4n) is 4.80. The topological polar surface area (TPSA) is 9.23 Å². The van der Waals surface area contributed by atoms with Crippen LogP contribution in [0.5, 0.6) is 0 Å². The van der Waals surface area contributed by atoms with E-state index in [4.69, 9.17) is 29.2 Å². The molecular formula is C26H30OS2. The van der Waals surface area contributed by atoms with E-state index in [-0.39, 0.29) is 0 Å². The van der Waals surface area contributed by atoms with Crippen LogP contribution >= 0.6 is 24.4 Å². The Morgan fingerprint density at radius 1 is 0.621 bits per heavy atom. The molecule has 2 fully saturated rings. The van der Waals surface area contributed by atoms with Crippen molar-refractivity contribution in [2.45, 2.75) is 63.2 Å². The van der Waals surface area contributed by atoms with Crippen LogP contribution in [0.4, 0.5) is 0 Å². The first kappa shape index (κ1) is 20.8. The monoisotopic (exact) mass is 422 g/mol. The van der Waals surface area contributed by atoms with Crippen molar-refractivity contribution in [3.8, 4) is 0 Å². The van der Waals surface area contributed by atoms with Crippen LogP contribution in [0.25, 0.3) is 0 Å². The molecular weight excluding hydrogens is 392 g/mol. The summed E-state index contributed by atoms with van der Waals surface area (Å²) in [4.78, 5) is 1.70. The first-order valence-electron chi connectivity index (χ1n) is 11.0. The zero-order chi connectivity index (χ0) is 20.1. The third-order valence-corrected chi connectivity index (χ3v) is 7.29. The highest BCUT2D eigenvalue weighted by Gasteiger charge is 2.18. The average molecular weight is 423 g/mol. The summed E-state index contributed by atoms with van der Waals surface area (Å²) >= 11 is 11.2. The molecule has 2 aliphatic carbocycles. The molecule has 2 aromatic carbocycles. The maximum atomic E-state index is 5.84. The van der Waals surface area contributed by atoms with Gasteiger partial charge in [-0.3, -0.25) is 0 Å². The van der Waals surface area contributed by atoms with Gasteiger partial charge in [0.1, 0.15) is 0 Å². The zero-order valence-electron chi connectivity index (χ0n) is 17.1. The number of hydrogen-bond acceptors (Lipinski definition) is 3. The summed E-state index contributed by atoms with van der Waals surface area (Å²) in [6.45, 7) is 0.886. The minimum Gasteiger partial charge on any atom is -0.370 e. The lowest BCUT2D eigenvalue weighted by Crippen LogP contribution is -2.14. The third-order valence-electron chi connectivity index (χ3n) is 6.58. The molecule has 0 heterocycles.